The van der Waals surface area contributed by atoms with E-state index in [0.29, 0.717) is 5.92 Å². The SMILES string of the molecule is C=CC1=C(/C=C\C)c2ccccc2C1C. The Morgan fingerprint density at radius 2 is 2.00 bits per heavy atom. The summed E-state index contributed by atoms with van der Waals surface area (Å²) in [5.41, 5.74) is 5.45. The van der Waals surface area contributed by atoms with Gasteiger partial charge in [0.05, 0.1) is 0 Å². The third-order valence-corrected chi connectivity index (χ3v) is 3.05. The molecule has 1 aliphatic carbocycles. The van der Waals surface area contributed by atoms with E-state index in [1.54, 1.807) is 0 Å². The van der Waals surface area contributed by atoms with Crippen molar-refractivity contribution in [2.45, 2.75) is 19.8 Å². The van der Waals surface area contributed by atoms with Gasteiger partial charge in [-0.05, 0) is 29.2 Å². The summed E-state index contributed by atoms with van der Waals surface area (Å²) in [5, 5.41) is 0. The van der Waals surface area contributed by atoms with E-state index in [4.69, 9.17) is 0 Å². The second-order valence-electron chi connectivity index (χ2n) is 3.88. The molecule has 0 spiro atoms. The molecule has 1 atom stereocenters. The molecule has 0 N–H and O–H groups in total. The van der Waals surface area contributed by atoms with Crippen molar-refractivity contribution in [2.75, 3.05) is 0 Å². The largest absolute Gasteiger partial charge is 0.0987 e. The molecular weight excluding hydrogens is 180 g/mol. The topological polar surface area (TPSA) is 0 Å². The highest BCUT2D eigenvalue weighted by Crippen LogP contribution is 2.42. The van der Waals surface area contributed by atoms with Gasteiger partial charge in [-0.3, -0.25) is 0 Å². The zero-order chi connectivity index (χ0) is 10.8. The zero-order valence-electron chi connectivity index (χ0n) is 9.33. The van der Waals surface area contributed by atoms with Crippen molar-refractivity contribution < 1.29 is 0 Å². The Hall–Kier alpha value is -1.56. The van der Waals surface area contributed by atoms with Crippen LogP contribution < -0.4 is 0 Å². The Morgan fingerprint density at radius 3 is 2.67 bits per heavy atom. The molecule has 76 valence electrons. The summed E-state index contributed by atoms with van der Waals surface area (Å²) < 4.78 is 0. The summed E-state index contributed by atoms with van der Waals surface area (Å²) in [6.07, 6.45) is 6.26. The Labute approximate surface area is 91.6 Å². The summed E-state index contributed by atoms with van der Waals surface area (Å²) in [7, 11) is 0. The molecule has 0 heteroatoms. The normalized spacial score (nSPS) is 19.7. The molecule has 1 unspecified atom stereocenters. The van der Waals surface area contributed by atoms with Crippen LogP contribution in [-0.4, -0.2) is 0 Å². The van der Waals surface area contributed by atoms with Crippen molar-refractivity contribution in [3.63, 3.8) is 0 Å². The zero-order valence-corrected chi connectivity index (χ0v) is 9.33. The van der Waals surface area contributed by atoms with Gasteiger partial charge in [0, 0.05) is 5.92 Å². The number of benzene rings is 1. The van der Waals surface area contributed by atoms with E-state index >= 15 is 0 Å². The van der Waals surface area contributed by atoms with Crippen LogP contribution in [-0.2, 0) is 0 Å². The monoisotopic (exact) mass is 196 g/mol. The van der Waals surface area contributed by atoms with Gasteiger partial charge in [-0.2, -0.15) is 0 Å². The fraction of sp³-hybridized carbons (Fsp3) is 0.200. The third kappa shape index (κ3) is 1.46. The third-order valence-electron chi connectivity index (χ3n) is 3.05. The van der Waals surface area contributed by atoms with E-state index in [-0.39, 0.29) is 0 Å². The molecule has 0 fully saturated rings. The molecule has 0 saturated heterocycles. The van der Waals surface area contributed by atoms with Gasteiger partial charge < -0.3 is 0 Å². The lowest BCUT2D eigenvalue weighted by Crippen LogP contribution is -1.89. The molecule has 2 rings (SSSR count). The first-order valence-electron chi connectivity index (χ1n) is 5.38. The number of hydrogen-bond acceptors (Lipinski definition) is 0. The minimum absolute atomic E-state index is 0.477. The number of fused-ring (bicyclic) bond motifs is 1. The van der Waals surface area contributed by atoms with Crippen LogP contribution in [0.15, 0.2) is 54.6 Å². The van der Waals surface area contributed by atoms with Gasteiger partial charge in [0.1, 0.15) is 0 Å². The predicted octanol–water partition coefficient (Wildman–Crippen LogP) is 4.32. The molecule has 0 amide bonds. The van der Waals surface area contributed by atoms with E-state index in [2.05, 4.69) is 56.8 Å². The first-order chi connectivity index (χ1) is 7.29. The second kappa shape index (κ2) is 3.90. The molecule has 1 aromatic carbocycles. The molecule has 0 saturated carbocycles. The fourth-order valence-corrected chi connectivity index (χ4v) is 2.32. The Morgan fingerprint density at radius 1 is 1.27 bits per heavy atom. The van der Waals surface area contributed by atoms with Crippen LogP contribution in [0.25, 0.3) is 5.57 Å². The van der Waals surface area contributed by atoms with Crippen LogP contribution in [0, 0.1) is 0 Å². The summed E-state index contributed by atoms with van der Waals surface area (Å²) in [6, 6.07) is 8.60. The van der Waals surface area contributed by atoms with Crippen LogP contribution in [0.5, 0.6) is 0 Å². The highest BCUT2D eigenvalue weighted by Gasteiger charge is 2.23. The first kappa shape index (κ1) is 9.97. The minimum Gasteiger partial charge on any atom is -0.0987 e. The molecule has 15 heavy (non-hydrogen) atoms. The van der Waals surface area contributed by atoms with Gasteiger partial charge in [0.2, 0.25) is 0 Å². The van der Waals surface area contributed by atoms with Crippen molar-refractivity contribution in [3.8, 4) is 0 Å². The van der Waals surface area contributed by atoms with E-state index in [1.165, 1.54) is 22.3 Å². The lowest BCUT2D eigenvalue weighted by Gasteiger charge is -2.06. The molecule has 0 aliphatic heterocycles. The summed E-state index contributed by atoms with van der Waals surface area (Å²) in [4.78, 5) is 0. The number of allylic oxidation sites excluding steroid dienone is 5. The highest BCUT2D eigenvalue weighted by molar-refractivity contribution is 5.85. The van der Waals surface area contributed by atoms with Crippen molar-refractivity contribution in [3.05, 3.63) is 65.8 Å². The van der Waals surface area contributed by atoms with E-state index in [9.17, 15) is 0 Å². The molecule has 0 heterocycles. The van der Waals surface area contributed by atoms with Gasteiger partial charge >= 0.3 is 0 Å². The van der Waals surface area contributed by atoms with Crippen molar-refractivity contribution in [1.82, 2.24) is 0 Å². The quantitative estimate of drug-likeness (QED) is 0.660. The van der Waals surface area contributed by atoms with Crippen molar-refractivity contribution >= 4 is 5.57 Å². The van der Waals surface area contributed by atoms with Gasteiger partial charge in [-0.1, -0.05) is 56.0 Å². The van der Waals surface area contributed by atoms with Crippen LogP contribution in [0.1, 0.15) is 30.9 Å². The molecule has 0 bridgehead atoms. The van der Waals surface area contributed by atoms with Crippen LogP contribution in [0.2, 0.25) is 0 Å². The predicted molar refractivity (Wildman–Crippen MR) is 66.8 cm³/mol. The van der Waals surface area contributed by atoms with Crippen LogP contribution >= 0.6 is 0 Å². The Bertz CT molecular complexity index is 447. The molecule has 1 aliphatic rings. The maximum atomic E-state index is 3.92. The fourth-order valence-electron chi connectivity index (χ4n) is 2.32. The Kier molecular flexibility index (Phi) is 2.59. The summed E-state index contributed by atoms with van der Waals surface area (Å²) in [5.74, 6) is 0.477. The second-order valence-corrected chi connectivity index (χ2v) is 3.88. The molecule has 0 aromatic heterocycles. The van der Waals surface area contributed by atoms with Crippen molar-refractivity contribution in [1.29, 1.82) is 0 Å². The molecule has 0 nitrogen and oxygen atoms in total. The maximum absolute atomic E-state index is 3.92. The standard InChI is InChI=1S/C15H16/c1-4-8-14-12(5-2)11(3)13-9-6-7-10-15(13)14/h4-11H,2H2,1,3H3/b8-4-. The number of rotatable bonds is 2. The van der Waals surface area contributed by atoms with E-state index in [0.717, 1.165) is 0 Å². The van der Waals surface area contributed by atoms with Crippen LogP contribution in [0.4, 0.5) is 0 Å². The van der Waals surface area contributed by atoms with Gasteiger partial charge in [-0.15, -0.1) is 0 Å². The lowest BCUT2D eigenvalue weighted by molar-refractivity contribution is 0.948. The number of hydrogen-bond donors (Lipinski definition) is 0. The highest BCUT2D eigenvalue weighted by atomic mass is 14.3. The van der Waals surface area contributed by atoms with E-state index < -0.39 is 0 Å². The molecule has 1 aromatic rings. The van der Waals surface area contributed by atoms with E-state index in [1.807, 2.05) is 6.08 Å². The smallest absolute Gasteiger partial charge is 0.00730 e. The lowest BCUT2D eigenvalue weighted by atomic mass is 9.98. The minimum atomic E-state index is 0.477. The molecule has 0 radical (unpaired) electrons. The Balaban J connectivity index is 2.64. The van der Waals surface area contributed by atoms with Crippen LogP contribution in [0.3, 0.4) is 0 Å². The van der Waals surface area contributed by atoms with Gasteiger partial charge in [0.15, 0.2) is 0 Å². The van der Waals surface area contributed by atoms with Gasteiger partial charge in [-0.25, -0.2) is 0 Å². The first-order valence-corrected chi connectivity index (χ1v) is 5.38. The van der Waals surface area contributed by atoms with Gasteiger partial charge in [0.25, 0.3) is 0 Å². The molecular formula is C15H16. The summed E-state index contributed by atoms with van der Waals surface area (Å²) in [6.45, 7) is 8.21. The maximum Gasteiger partial charge on any atom is 0.00730 e. The summed E-state index contributed by atoms with van der Waals surface area (Å²) >= 11 is 0. The average Bonchev–Trinajstić information content (AvgIpc) is 2.54. The average molecular weight is 196 g/mol. The van der Waals surface area contributed by atoms with Crippen molar-refractivity contribution in [2.24, 2.45) is 0 Å².